The van der Waals surface area contributed by atoms with Crippen molar-refractivity contribution in [2.24, 2.45) is 0 Å². The third-order valence-corrected chi connectivity index (χ3v) is 5.94. The van der Waals surface area contributed by atoms with Crippen molar-refractivity contribution in [3.8, 4) is 11.3 Å². The van der Waals surface area contributed by atoms with Crippen LogP contribution in [0.25, 0.3) is 22.3 Å². The number of aromatic carboxylic acids is 1. The Morgan fingerprint density at radius 1 is 1.23 bits per heavy atom. The lowest BCUT2D eigenvalue weighted by Gasteiger charge is -2.24. The fraction of sp³-hybridized carbons (Fsp3) is 0.286. The molecule has 1 aromatic heterocycles. The number of carbonyl (C=O) groups is 1. The highest BCUT2D eigenvalue weighted by Gasteiger charge is 2.26. The summed E-state index contributed by atoms with van der Waals surface area (Å²) in [5, 5.41) is 10.1. The molecule has 2 aromatic carbocycles. The first kappa shape index (κ1) is 21.8. The van der Waals surface area contributed by atoms with Crippen LogP contribution in [0.2, 0.25) is 0 Å². The van der Waals surface area contributed by atoms with Gasteiger partial charge in [0.2, 0.25) is 10.0 Å². The van der Waals surface area contributed by atoms with Gasteiger partial charge < -0.3 is 14.3 Å². The summed E-state index contributed by atoms with van der Waals surface area (Å²) in [5.41, 5.74) is 1.63. The van der Waals surface area contributed by atoms with Crippen molar-refractivity contribution in [3.05, 3.63) is 53.3 Å². The number of benzene rings is 2. The van der Waals surface area contributed by atoms with Gasteiger partial charge in [0, 0.05) is 24.1 Å². The second-order valence-corrected chi connectivity index (χ2v) is 8.68. The molecule has 0 unspecified atom stereocenters. The summed E-state index contributed by atoms with van der Waals surface area (Å²) >= 11 is 0. The molecule has 0 bridgehead atoms. The monoisotopic (exact) mass is 435 g/mol. The van der Waals surface area contributed by atoms with Gasteiger partial charge in [0.1, 0.15) is 22.7 Å². The van der Waals surface area contributed by atoms with Crippen LogP contribution in [-0.4, -0.2) is 46.0 Å². The standard InChI is InChI=1S/C21H22FNO6S/c1-4-13-11-16-18(12-17(13)23(9-10-28-2)30(3,26)27)29-20(19(16)21(24)25)14-5-7-15(22)8-6-14/h5-8,11-12H,4,9-10H2,1-3H3,(H,24,25). The van der Waals surface area contributed by atoms with Gasteiger partial charge in [-0.1, -0.05) is 6.92 Å². The van der Waals surface area contributed by atoms with E-state index in [2.05, 4.69) is 0 Å². The van der Waals surface area contributed by atoms with E-state index in [0.717, 1.165) is 6.26 Å². The molecule has 0 aliphatic carbocycles. The summed E-state index contributed by atoms with van der Waals surface area (Å²) in [6.45, 7) is 2.14. The first-order chi connectivity index (χ1) is 14.2. The molecule has 0 saturated carbocycles. The molecule has 7 nitrogen and oxygen atoms in total. The van der Waals surface area contributed by atoms with Gasteiger partial charge in [0.05, 0.1) is 25.1 Å². The van der Waals surface area contributed by atoms with E-state index in [0.29, 0.717) is 28.6 Å². The van der Waals surface area contributed by atoms with E-state index in [4.69, 9.17) is 9.15 Å². The van der Waals surface area contributed by atoms with Gasteiger partial charge in [-0.05, 0) is 42.3 Å². The molecule has 0 spiro atoms. The van der Waals surface area contributed by atoms with Crippen LogP contribution in [0.3, 0.4) is 0 Å². The molecule has 1 heterocycles. The van der Waals surface area contributed by atoms with E-state index in [1.165, 1.54) is 41.7 Å². The van der Waals surface area contributed by atoms with Gasteiger partial charge in [0.15, 0.2) is 0 Å². The number of carboxylic acids is 1. The smallest absolute Gasteiger partial charge is 0.340 e. The van der Waals surface area contributed by atoms with Gasteiger partial charge in [-0.3, -0.25) is 4.31 Å². The van der Waals surface area contributed by atoms with E-state index in [-0.39, 0.29) is 30.1 Å². The van der Waals surface area contributed by atoms with Crippen molar-refractivity contribution in [2.45, 2.75) is 13.3 Å². The first-order valence-electron chi connectivity index (χ1n) is 9.22. The van der Waals surface area contributed by atoms with Crippen molar-refractivity contribution in [1.29, 1.82) is 0 Å². The zero-order valence-electron chi connectivity index (χ0n) is 16.8. The number of aryl methyl sites for hydroxylation is 1. The zero-order chi connectivity index (χ0) is 22.1. The van der Waals surface area contributed by atoms with Crippen LogP contribution in [-0.2, 0) is 21.2 Å². The Morgan fingerprint density at radius 3 is 2.43 bits per heavy atom. The van der Waals surface area contributed by atoms with E-state index in [1.54, 1.807) is 6.07 Å². The summed E-state index contributed by atoms with van der Waals surface area (Å²) < 4.78 is 50.2. The number of sulfonamides is 1. The number of ether oxygens (including phenoxy) is 1. The molecule has 0 amide bonds. The topological polar surface area (TPSA) is 97.0 Å². The Labute approximate surface area is 173 Å². The molecule has 0 fully saturated rings. The zero-order valence-corrected chi connectivity index (χ0v) is 17.6. The van der Waals surface area contributed by atoms with E-state index >= 15 is 0 Å². The van der Waals surface area contributed by atoms with Gasteiger partial charge in [-0.2, -0.15) is 0 Å². The fourth-order valence-electron chi connectivity index (χ4n) is 3.35. The maximum atomic E-state index is 13.3. The average Bonchev–Trinajstić information content (AvgIpc) is 3.05. The predicted octanol–water partition coefficient (Wildman–Crippen LogP) is 3.91. The Balaban J connectivity index is 2.28. The molecule has 160 valence electrons. The number of rotatable bonds is 8. The number of carboxylic acid groups (broad SMARTS) is 1. The Kier molecular flexibility index (Phi) is 6.14. The molecule has 3 aromatic rings. The molecule has 3 rings (SSSR count). The SMILES string of the molecule is CCc1cc2c(C(=O)O)c(-c3ccc(F)cc3)oc2cc1N(CCOC)S(C)(=O)=O. The number of fused-ring (bicyclic) bond motifs is 1. The third-order valence-electron chi connectivity index (χ3n) is 4.76. The minimum Gasteiger partial charge on any atom is -0.478 e. The largest absolute Gasteiger partial charge is 0.478 e. The molecule has 0 atom stereocenters. The highest BCUT2D eigenvalue weighted by atomic mass is 32.2. The normalized spacial score (nSPS) is 11.7. The molecule has 30 heavy (non-hydrogen) atoms. The summed E-state index contributed by atoms with van der Waals surface area (Å²) in [4.78, 5) is 12.0. The molecular weight excluding hydrogens is 413 g/mol. The Hall–Kier alpha value is -2.91. The van der Waals surface area contributed by atoms with Gasteiger partial charge in [-0.25, -0.2) is 17.6 Å². The van der Waals surface area contributed by atoms with Crippen LogP contribution in [0.1, 0.15) is 22.8 Å². The molecule has 0 radical (unpaired) electrons. The second kappa shape index (κ2) is 8.45. The van der Waals surface area contributed by atoms with Crippen molar-refractivity contribution < 1.29 is 31.9 Å². The highest BCUT2D eigenvalue weighted by Crippen LogP contribution is 2.38. The quantitative estimate of drug-likeness (QED) is 0.576. The van der Waals surface area contributed by atoms with Crippen LogP contribution in [0, 0.1) is 5.82 Å². The van der Waals surface area contributed by atoms with Gasteiger partial charge in [0.25, 0.3) is 0 Å². The van der Waals surface area contributed by atoms with Crippen LogP contribution >= 0.6 is 0 Å². The van der Waals surface area contributed by atoms with Crippen molar-refractivity contribution >= 4 is 32.6 Å². The molecular formula is C21H22FNO6S. The maximum Gasteiger partial charge on any atom is 0.340 e. The molecule has 0 saturated heterocycles. The lowest BCUT2D eigenvalue weighted by Crippen LogP contribution is -2.33. The van der Waals surface area contributed by atoms with E-state index in [9.17, 15) is 22.7 Å². The number of halogens is 1. The Morgan fingerprint density at radius 2 is 1.90 bits per heavy atom. The van der Waals surface area contributed by atoms with E-state index in [1.807, 2.05) is 6.92 Å². The van der Waals surface area contributed by atoms with Crippen LogP contribution in [0.15, 0.2) is 40.8 Å². The fourth-order valence-corrected chi connectivity index (χ4v) is 4.28. The predicted molar refractivity (Wildman–Crippen MR) is 112 cm³/mol. The van der Waals surface area contributed by atoms with Crippen LogP contribution in [0.4, 0.5) is 10.1 Å². The molecule has 1 N–H and O–H groups in total. The number of methoxy groups -OCH3 is 1. The summed E-state index contributed by atoms with van der Waals surface area (Å²) in [7, 11) is -2.14. The maximum absolute atomic E-state index is 13.3. The highest BCUT2D eigenvalue weighted by molar-refractivity contribution is 7.92. The van der Waals surface area contributed by atoms with Crippen molar-refractivity contribution in [2.75, 3.05) is 30.8 Å². The van der Waals surface area contributed by atoms with Gasteiger partial charge >= 0.3 is 5.97 Å². The Bertz CT molecular complexity index is 1180. The minimum absolute atomic E-state index is 0.0549. The van der Waals surface area contributed by atoms with Crippen LogP contribution in [0.5, 0.6) is 0 Å². The minimum atomic E-state index is -3.61. The van der Waals surface area contributed by atoms with Gasteiger partial charge in [-0.15, -0.1) is 0 Å². The first-order valence-corrected chi connectivity index (χ1v) is 11.1. The summed E-state index contributed by atoms with van der Waals surface area (Å²) in [6.07, 6.45) is 1.57. The third kappa shape index (κ3) is 4.17. The second-order valence-electron chi connectivity index (χ2n) is 6.78. The number of hydrogen-bond acceptors (Lipinski definition) is 5. The van der Waals surface area contributed by atoms with Crippen molar-refractivity contribution in [3.63, 3.8) is 0 Å². The summed E-state index contributed by atoms with van der Waals surface area (Å²) in [5.74, 6) is -1.56. The number of furan rings is 1. The average molecular weight is 435 g/mol. The number of nitrogens with zero attached hydrogens (tertiary/aromatic N) is 1. The number of anilines is 1. The molecule has 0 aliphatic rings. The lowest BCUT2D eigenvalue weighted by molar-refractivity contribution is 0.0699. The van der Waals surface area contributed by atoms with Crippen molar-refractivity contribution in [1.82, 2.24) is 0 Å². The number of hydrogen-bond donors (Lipinski definition) is 1. The van der Waals surface area contributed by atoms with E-state index < -0.39 is 21.8 Å². The summed E-state index contributed by atoms with van der Waals surface area (Å²) in [6, 6.07) is 8.46. The molecule has 9 heteroatoms. The molecule has 0 aliphatic heterocycles. The lowest BCUT2D eigenvalue weighted by atomic mass is 10.0. The van der Waals surface area contributed by atoms with Crippen LogP contribution < -0.4 is 4.31 Å².